The number of nitrogens with zero attached hydrogens (tertiary/aromatic N) is 3. The van der Waals surface area contributed by atoms with Gasteiger partial charge in [0.25, 0.3) is 17.4 Å². The highest BCUT2D eigenvalue weighted by atomic mass is 16.2. The molecule has 9 nitrogen and oxygen atoms in total. The number of carbonyl (C=O) groups excluding carboxylic acids is 3. The summed E-state index contributed by atoms with van der Waals surface area (Å²) in [5.74, 6) is -1.26. The molecular weight excluding hydrogens is 470 g/mol. The standard InChI is InChI=1S/C28H33N5O4/c1-17(2)22(31-25(35)23-24(34)30-21-9-7-6-8-20(21)29-23)27(37)32-14-15-33(28(4,5)16-32)26(36)19-12-10-18(3)11-13-19/h6-13,17,22H,14-16H2,1-5H3,(H,30,34)(H,31,35)/t22-/m0/s1. The summed E-state index contributed by atoms with van der Waals surface area (Å²) in [6.07, 6.45) is 0. The molecule has 37 heavy (non-hydrogen) atoms. The quantitative estimate of drug-likeness (QED) is 0.556. The number of fused-ring (bicyclic) bond motifs is 1. The van der Waals surface area contributed by atoms with E-state index >= 15 is 0 Å². The summed E-state index contributed by atoms with van der Waals surface area (Å²) < 4.78 is 0. The highest BCUT2D eigenvalue weighted by Crippen LogP contribution is 2.25. The lowest BCUT2D eigenvalue weighted by Crippen LogP contribution is -2.64. The van der Waals surface area contributed by atoms with Crippen molar-refractivity contribution in [2.24, 2.45) is 5.92 Å². The number of aromatic amines is 1. The van der Waals surface area contributed by atoms with E-state index in [0.717, 1.165) is 5.56 Å². The van der Waals surface area contributed by atoms with Gasteiger partial charge in [-0.3, -0.25) is 19.2 Å². The van der Waals surface area contributed by atoms with Crippen molar-refractivity contribution < 1.29 is 14.4 Å². The second-order valence-electron chi connectivity index (χ2n) is 10.5. The van der Waals surface area contributed by atoms with Gasteiger partial charge >= 0.3 is 0 Å². The van der Waals surface area contributed by atoms with Crippen LogP contribution in [-0.4, -0.2) is 68.7 Å². The van der Waals surface area contributed by atoms with Crippen LogP contribution < -0.4 is 10.9 Å². The summed E-state index contributed by atoms with van der Waals surface area (Å²) in [5, 5.41) is 2.73. The topological polar surface area (TPSA) is 115 Å². The summed E-state index contributed by atoms with van der Waals surface area (Å²) in [6, 6.07) is 13.5. The molecule has 0 bridgehead atoms. The summed E-state index contributed by atoms with van der Waals surface area (Å²) in [5.41, 5.74) is 1.18. The van der Waals surface area contributed by atoms with Crippen molar-refractivity contribution in [2.45, 2.75) is 46.2 Å². The zero-order valence-corrected chi connectivity index (χ0v) is 21.9. The number of aromatic nitrogens is 2. The van der Waals surface area contributed by atoms with E-state index in [-0.39, 0.29) is 23.4 Å². The van der Waals surface area contributed by atoms with Crippen LogP contribution in [0.2, 0.25) is 0 Å². The Morgan fingerprint density at radius 3 is 2.35 bits per heavy atom. The third-order valence-electron chi connectivity index (χ3n) is 6.79. The van der Waals surface area contributed by atoms with E-state index < -0.39 is 23.0 Å². The maximum atomic E-state index is 13.6. The maximum absolute atomic E-state index is 13.6. The third-order valence-corrected chi connectivity index (χ3v) is 6.79. The predicted octanol–water partition coefficient (Wildman–Crippen LogP) is 2.75. The molecule has 0 saturated carbocycles. The minimum atomic E-state index is -0.852. The number of nitrogens with one attached hydrogen (secondary N) is 2. The SMILES string of the molecule is Cc1ccc(C(=O)N2CCN(C(=O)[C@@H](NC(=O)c3nc4ccccc4[nH]c3=O)C(C)C)CC2(C)C)cc1. The predicted molar refractivity (Wildman–Crippen MR) is 141 cm³/mol. The molecule has 0 aliphatic carbocycles. The van der Waals surface area contributed by atoms with E-state index in [1.807, 2.05) is 58.9 Å². The second-order valence-corrected chi connectivity index (χ2v) is 10.5. The van der Waals surface area contributed by atoms with Crippen molar-refractivity contribution in [2.75, 3.05) is 19.6 Å². The molecule has 1 aliphatic heterocycles. The summed E-state index contributed by atoms with van der Waals surface area (Å²) in [4.78, 5) is 62.7. The van der Waals surface area contributed by atoms with Gasteiger partial charge in [-0.25, -0.2) is 4.98 Å². The van der Waals surface area contributed by atoms with Gasteiger partial charge < -0.3 is 20.1 Å². The Morgan fingerprint density at radius 2 is 1.70 bits per heavy atom. The molecule has 1 atom stereocenters. The highest BCUT2D eigenvalue weighted by molar-refractivity contribution is 5.97. The van der Waals surface area contributed by atoms with Gasteiger partial charge in [0.1, 0.15) is 6.04 Å². The molecule has 4 rings (SSSR count). The van der Waals surface area contributed by atoms with Crippen LogP contribution in [0.4, 0.5) is 0 Å². The molecule has 9 heteroatoms. The fraction of sp³-hybridized carbons (Fsp3) is 0.393. The second kappa shape index (κ2) is 10.2. The minimum absolute atomic E-state index is 0.0765. The first-order valence-electron chi connectivity index (χ1n) is 12.5. The maximum Gasteiger partial charge on any atom is 0.280 e. The van der Waals surface area contributed by atoms with Crippen LogP contribution in [0.15, 0.2) is 53.3 Å². The number of amides is 3. The Balaban J connectivity index is 1.50. The van der Waals surface area contributed by atoms with Crippen molar-refractivity contribution in [3.8, 4) is 0 Å². The van der Waals surface area contributed by atoms with Crippen molar-refractivity contribution in [3.05, 3.63) is 75.7 Å². The number of hydrogen-bond acceptors (Lipinski definition) is 5. The number of H-pyrrole nitrogens is 1. The number of hydrogen-bond donors (Lipinski definition) is 2. The zero-order valence-electron chi connectivity index (χ0n) is 21.9. The van der Waals surface area contributed by atoms with Crippen LogP contribution in [-0.2, 0) is 4.79 Å². The van der Waals surface area contributed by atoms with Crippen molar-refractivity contribution >= 4 is 28.8 Å². The summed E-state index contributed by atoms with van der Waals surface area (Å²) in [7, 11) is 0. The fourth-order valence-corrected chi connectivity index (χ4v) is 4.67. The molecule has 0 spiro atoms. The normalized spacial score (nSPS) is 16.1. The first-order chi connectivity index (χ1) is 17.5. The Labute approximate surface area is 215 Å². The first kappa shape index (κ1) is 26.1. The molecule has 1 aromatic heterocycles. The van der Waals surface area contributed by atoms with Crippen molar-refractivity contribution in [1.29, 1.82) is 0 Å². The molecule has 1 saturated heterocycles. The average Bonchev–Trinajstić information content (AvgIpc) is 2.85. The fourth-order valence-electron chi connectivity index (χ4n) is 4.67. The van der Waals surface area contributed by atoms with Crippen LogP contribution in [0.25, 0.3) is 11.0 Å². The van der Waals surface area contributed by atoms with E-state index in [4.69, 9.17) is 0 Å². The number of benzene rings is 2. The van der Waals surface area contributed by atoms with Gasteiger partial charge in [0, 0.05) is 25.2 Å². The molecule has 3 amide bonds. The van der Waals surface area contributed by atoms with Gasteiger partial charge in [0.05, 0.1) is 16.6 Å². The van der Waals surface area contributed by atoms with Crippen molar-refractivity contribution in [1.82, 2.24) is 25.1 Å². The largest absolute Gasteiger partial charge is 0.338 e. The molecule has 2 aromatic carbocycles. The Bertz CT molecular complexity index is 1390. The highest BCUT2D eigenvalue weighted by Gasteiger charge is 2.41. The molecule has 1 aliphatic rings. The Hall–Kier alpha value is -4.01. The molecule has 2 heterocycles. The summed E-state index contributed by atoms with van der Waals surface area (Å²) >= 11 is 0. The van der Waals surface area contributed by atoms with Crippen LogP contribution in [0.5, 0.6) is 0 Å². The zero-order chi connectivity index (χ0) is 26.9. The number of aryl methyl sites for hydroxylation is 1. The van der Waals surface area contributed by atoms with Gasteiger partial charge in [-0.2, -0.15) is 0 Å². The summed E-state index contributed by atoms with van der Waals surface area (Å²) in [6.45, 7) is 10.5. The number of piperazine rings is 1. The van der Waals surface area contributed by atoms with Crippen LogP contribution in [0, 0.1) is 12.8 Å². The van der Waals surface area contributed by atoms with Gasteiger partial charge in [-0.15, -0.1) is 0 Å². The van der Waals surface area contributed by atoms with Crippen molar-refractivity contribution in [3.63, 3.8) is 0 Å². The van der Waals surface area contributed by atoms with Crippen LogP contribution >= 0.6 is 0 Å². The molecule has 2 N–H and O–H groups in total. The molecule has 1 fully saturated rings. The molecule has 0 radical (unpaired) electrons. The molecule has 3 aromatic rings. The van der Waals surface area contributed by atoms with Crippen LogP contribution in [0.1, 0.15) is 54.1 Å². The Kier molecular flexibility index (Phi) is 7.16. The Morgan fingerprint density at radius 1 is 1.03 bits per heavy atom. The van der Waals surface area contributed by atoms with Gasteiger partial charge in [-0.1, -0.05) is 43.7 Å². The average molecular weight is 504 g/mol. The van der Waals surface area contributed by atoms with E-state index in [1.54, 1.807) is 34.1 Å². The van der Waals surface area contributed by atoms with E-state index in [2.05, 4.69) is 15.3 Å². The number of rotatable bonds is 5. The smallest absolute Gasteiger partial charge is 0.280 e. The molecule has 194 valence electrons. The first-order valence-corrected chi connectivity index (χ1v) is 12.5. The van der Waals surface area contributed by atoms with E-state index in [0.29, 0.717) is 36.2 Å². The minimum Gasteiger partial charge on any atom is -0.338 e. The van der Waals surface area contributed by atoms with Gasteiger partial charge in [0.2, 0.25) is 5.91 Å². The third kappa shape index (κ3) is 5.40. The lowest BCUT2D eigenvalue weighted by atomic mass is 9.95. The monoisotopic (exact) mass is 503 g/mol. The van der Waals surface area contributed by atoms with E-state index in [1.165, 1.54) is 0 Å². The van der Waals surface area contributed by atoms with Crippen LogP contribution in [0.3, 0.4) is 0 Å². The number of para-hydroxylation sites is 2. The van der Waals surface area contributed by atoms with E-state index in [9.17, 15) is 19.2 Å². The van der Waals surface area contributed by atoms with Gasteiger partial charge in [-0.05, 0) is 51.0 Å². The lowest BCUT2D eigenvalue weighted by molar-refractivity contribution is -0.138. The molecular formula is C28H33N5O4. The molecule has 0 unspecified atom stereocenters. The van der Waals surface area contributed by atoms with Gasteiger partial charge in [0.15, 0.2) is 5.69 Å². The lowest BCUT2D eigenvalue weighted by Gasteiger charge is -2.48. The number of carbonyl (C=O) groups is 3.